The molecule has 0 aliphatic heterocycles. The molecule has 118 valence electrons. The highest BCUT2D eigenvalue weighted by Gasteiger charge is 2.06. The minimum atomic E-state index is -0.284. The summed E-state index contributed by atoms with van der Waals surface area (Å²) in [5.41, 5.74) is 1.41. The lowest BCUT2D eigenvalue weighted by atomic mass is 10.1. The van der Waals surface area contributed by atoms with E-state index >= 15 is 0 Å². The zero-order valence-corrected chi connectivity index (χ0v) is 13.7. The first-order chi connectivity index (χ1) is 11.1. The van der Waals surface area contributed by atoms with Crippen LogP contribution in [0.4, 0.5) is 9.80 Å². The fourth-order valence-electron chi connectivity index (χ4n) is 1.73. The summed E-state index contributed by atoms with van der Waals surface area (Å²) in [7, 11) is 3.42. The zero-order chi connectivity index (χ0) is 16.7. The maximum Gasteiger partial charge on any atom is 0.320 e. The van der Waals surface area contributed by atoms with Gasteiger partial charge in [0.2, 0.25) is 0 Å². The van der Waals surface area contributed by atoms with Gasteiger partial charge in [0.1, 0.15) is 0 Å². The SMILES string of the molecule is CN(C)C(=O)c1ccc(C#CCNC(=O)Nc2cccs2)cc1. The molecule has 23 heavy (non-hydrogen) atoms. The molecule has 2 N–H and O–H groups in total. The van der Waals surface area contributed by atoms with Crippen molar-refractivity contribution in [3.8, 4) is 11.8 Å². The second kappa shape index (κ2) is 8.01. The number of hydrogen-bond donors (Lipinski definition) is 2. The number of hydrogen-bond acceptors (Lipinski definition) is 3. The van der Waals surface area contributed by atoms with E-state index in [4.69, 9.17) is 0 Å². The van der Waals surface area contributed by atoms with Gasteiger partial charge in [0.25, 0.3) is 5.91 Å². The van der Waals surface area contributed by atoms with Crippen LogP contribution in [0.1, 0.15) is 15.9 Å². The molecule has 0 spiro atoms. The van der Waals surface area contributed by atoms with E-state index in [1.165, 1.54) is 16.2 Å². The van der Waals surface area contributed by atoms with Gasteiger partial charge in [0, 0.05) is 25.2 Å². The first-order valence-electron chi connectivity index (χ1n) is 6.95. The molecule has 0 bridgehead atoms. The van der Waals surface area contributed by atoms with Gasteiger partial charge in [-0.15, -0.1) is 11.3 Å². The molecule has 2 rings (SSSR count). The Hall–Kier alpha value is -2.78. The summed E-state index contributed by atoms with van der Waals surface area (Å²) < 4.78 is 0. The molecule has 1 heterocycles. The van der Waals surface area contributed by atoms with Crippen LogP contribution in [0.15, 0.2) is 41.8 Å². The number of carbonyl (C=O) groups excluding carboxylic acids is 2. The Morgan fingerprint density at radius 3 is 2.52 bits per heavy atom. The molecule has 0 saturated carbocycles. The molecule has 2 aromatic rings. The lowest BCUT2D eigenvalue weighted by Gasteiger charge is -2.09. The molecule has 0 radical (unpaired) electrons. The van der Waals surface area contributed by atoms with Crippen LogP contribution in [0.25, 0.3) is 0 Å². The summed E-state index contributed by atoms with van der Waals surface area (Å²) in [6.45, 7) is 0.246. The molecule has 5 nitrogen and oxygen atoms in total. The Balaban J connectivity index is 1.82. The number of rotatable bonds is 3. The molecule has 1 aromatic carbocycles. The van der Waals surface area contributed by atoms with Crippen molar-refractivity contribution in [1.29, 1.82) is 0 Å². The van der Waals surface area contributed by atoms with E-state index in [0.717, 1.165) is 10.6 Å². The number of amides is 3. The summed E-state index contributed by atoms with van der Waals surface area (Å²) in [4.78, 5) is 24.9. The van der Waals surface area contributed by atoms with Crippen LogP contribution >= 0.6 is 11.3 Å². The van der Waals surface area contributed by atoms with Crippen LogP contribution in [-0.2, 0) is 0 Å². The van der Waals surface area contributed by atoms with E-state index in [1.807, 2.05) is 17.5 Å². The highest BCUT2D eigenvalue weighted by atomic mass is 32.1. The minimum Gasteiger partial charge on any atom is -0.345 e. The third-order valence-electron chi connectivity index (χ3n) is 2.87. The zero-order valence-electron chi connectivity index (χ0n) is 12.9. The van der Waals surface area contributed by atoms with Crippen LogP contribution in [0.5, 0.6) is 0 Å². The standard InChI is InChI=1S/C17H17N3O2S/c1-20(2)16(21)14-9-7-13(8-10-14)5-3-11-18-17(22)19-15-6-4-12-23-15/h4,6-10,12H,11H2,1-2H3,(H2,18,19,22). The summed E-state index contributed by atoms with van der Waals surface area (Å²) in [6.07, 6.45) is 0. The quantitative estimate of drug-likeness (QED) is 0.851. The molecule has 1 aromatic heterocycles. The van der Waals surface area contributed by atoms with E-state index in [9.17, 15) is 9.59 Å². The fraction of sp³-hybridized carbons (Fsp3) is 0.176. The molecule has 6 heteroatoms. The lowest BCUT2D eigenvalue weighted by molar-refractivity contribution is 0.0827. The smallest absolute Gasteiger partial charge is 0.320 e. The van der Waals surface area contributed by atoms with Gasteiger partial charge in [-0.2, -0.15) is 0 Å². The summed E-state index contributed by atoms with van der Waals surface area (Å²) in [6, 6.07) is 10.5. The van der Waals surface area contributed by atoms with Crippen LogP contribution in [0.3, 0.4) is 0 Å². The normalized spacial score (nSPS) is 9.48. The second-order valence-electron chi connectivity index (χ2n) is 4.86. The van der Waals surface area contributed by atoms with Gasteiger partial charge in [0.05, 0.1) is 11.5 Å². The van der Waals surface area contributed by atoms with Crippen molar-refractivity contribution in [2.24, 2.45) is 0 Å². The molecule has 3 amide bonds. The molecule has 0 unspecified atom stereocenters. The Morgan fingerprint density at radius 1 is 1.17 bits per heavy atom. The largest absolute Gasteiger partial charge is 0.345 e. The van der Waals surface area contributed by atoms with Gasteiger partial charge in [-0.3, -0.25) is 10.1 Å². The van der Waals surface area contributed by atoms with Crippen molar-refractivity contribution >= 4 is 28.3 Å². The van der Waals surface area contributed by atoms with Crippen molar-refractivity contribution in [2.75, 3.05) is 26.0 Å². The van der Waals surface area contributed by atoms with Gasteiger partial charge >= 0.3 is 6.03 Å². The average molecular weight is 327 g/mol. The predicted octanol–water partition coefficient (Wildman–Crippen LogP) is 2.62. The highest BCUT2D eigenvalue weighted by molar-refractivity contribution is 7.14. The van der Waals surface area contributed by atoms with E-state index in [-0.39, 0.29) is 18.5 Å². The summed E-state index contributed by atoms with van der Waals surface area (Å²) in [5.74, 6) is 5.76. The van der Waals surface area contributed by atoms with Crippen molar-refractivity contribution in [1.82, 2.24) is 10.2 Å². The Kier molecular flexibility index (Phi) is 5.78. The minimum absolute atomic E-state index is 0.0450. The third kappa shape index (κ3) is 5.16. The monoisotopic (exact) mass is 327 g/mol. The van der Waals surface area contributed by atoms with Crippen molar-refractivity contribution in [3.05, 3.63) is 52.9 Å². The van der Waals surface area contributed by atoms with Gasteiger partial charge in [0.15, 0.2) is 0 Å². The van der Waals surface area contributed by atoms with Crippen LogP contribution < -0.4 is 10.6 Å². The van der Waals surface area contributed by atoms with E-state index in [2.05, 4.69) is 22.5 Å². The van der Waals surface area contributed by atoms with Gasteiger partial charge in [-0.1, -0.05) is 11.8 Å². The molecule has 0 fully saturated rings. The fourth-order valence-corrected chi connectivity index (χ4v) is 2.34. The van der Waals surface area contributed by atoms with Crippen molar-refractivity contribution in [2.45, 2.75) is 0 Å². The summed E-state index contributed by atoms with van der Waals surface area (Å²) >= 11 is 1.45. The molecular weight excluding hydrogens is 310 g/mol. The molecular formula is C17H17N3O2S. The molecule has 0 atom stereocenters. The van der Waals surface area contributed by atoms with Crippen LogP contribution in [0, 0.1) is 11.8 Å². The number of nitrogens with one attached hydrogen (secondary N) is 2. The van der Waals surface area contributed by atoms with Crippen LogP contribution in [0.2, 0.25) is 0 Å². The van der Waals surface area contributed by atoms with Gasteiger partial charge in [-0.25, -0.2) is 4.79 Å². The number of nitrogens with zero attached hydrogens (tertiary/aromatic N) is 1. The number of thiophene rings is 1. The number of carbonyl (C=O) groups is 2. The molecule has 0 aliphatic rings. The molecule has 0 aliphatic carbocycles. The Labute approximate surface area is 139 Å². The molecule has 0 saturated heterocycles. The third-order valence-corrected chi connectivity index (χ3v) is 3.65. The van der Waals surface area contributed by atoms with E-state index in [0.29, 0.717) is 5.56 Å². The maximum atomic E-state index is 11.8. The second-order valence-corrected chi connectivity index (χ2v) is 5.81. The predicted molar refractivity (Wildman–Crippen MR) is 92.7 cm³/mol. The lowest BCUT2D eigenvalue weighted by Crippen LogP contribution is -2.28. The first kappa shape index (κ1) is 16.6. The van der Waals surface area contributed by atoms with Gasteiger partial charge < -0.3 is 10.2 Å². The van der Waals surface area contributed by atoms with E-state index in [1.54, 1.807) is 38.4 Å². The van der Waals surface area contributed by atoms with Crippen molar-refractivity contribution < 1.29 is 9.59 Å². The highest BCUT2D eigenvalue weighted by Crippen LogP contribution is 2.14. The Morgan fingerprint density at radius 2 is 1.91 bits per heavy atom. The number of anilines is 1. The number of benzene rings is 1. The van der Waals surface area contributed by atoms with Gasteiger partial charge in [-0.05, 0) is 41.8 Å². The number of urea groups is 1. The first-order valence-corrected chi connectivity index (χ1v) is 7.83. The summed E-state index contributed by atoms with van der Waals surface area (Å²) in [5, 5.41) is 8.05. The topological polar surface area (TPSA) is 61.4 Å². The van der Waals surface area contributed by atoms with Crippen molar-refractivity contribution in [3.63, 3.8) is 0 Å². The van der Waals surface area contributed by atoms with Crippen LogP contribution in [-0.4, -0.2) is 37.5 Å². The average Bonchev–Trinajstić information content (AvgIpc) is 3.04. The van der Waals surface area contributed by atoms with E-state index < -0.39 is 0 Å². The Bertz CT molecular complexity index is 725. The maximum absolute atomic E-state index is 11.8.